The highest BCUT2D eigenvalue weighted by molar-refractivity contribution is 6.18. The average Bonchev–Trinajstić information content (AvgIpc) is 2.44. The van der Waals surface area contributed by atoms with Gasteiger partial charge in [-0.15, -0.1) is 0 Å². The van der Waals surface area contributed by atoms with E-state index in [1.165, 1.54) is 20.1 Å². The minimum atomic E-state index is -0.530. The number of carbonyl (C=O) groups is 3. The van der Waals surface area contributed by atoms with Gasteiger partial charge in [-0.3, -0.25) is 14.9 Å². The van der Waals surface area contributed by atoms with Crippen LogP contribution in [0.25, 0.3) is 0 Å². The summed E-state index contributed by atoms with van der Waals surface area (Å²) in [5, 5.41) is 2.06. The third-order valence-electron chi connectivity index (χ3n) is 1.66. The molecule has 0 unspecified atom stereocenters. The Balaban J connectivity index is 2.87. The van der Waals surface area contributed by atoms with Gasteiger partial charge in [0.15, 0.2) is 0 Å². The number of amides is 2. The predicted octanol–water partition coefficient (Wildman–Crippen LogP) is -0.312. The predicted molar refractivity (Wildman–Crippen MR) is 47.0 cm³/mol. The lowest BCUT2D eigenvalue weighted by Crippen LogP contribution is -2.21. The highest BCUT2D eigenvalue weighted by Gasteiger charge is 2.19. The molecular formula is C9H9NO4. The molecule has 14 heavy (non-hydrogen) atoms. The van der Waals surface area contributed by atoms with E-state index in [1.54, 1.807) is 0 Å². The topological polar surface area (TPSA) is 72.5 Å². The van der Waals surface area contributed by atoms with Gasteiger partial charge in [-0.2, -0.15) is 0 Å². The zero-order chi connectivity index (χ0) is 10.7. The van der Waals surface area contributed by atoms with E-state index in [1.807, 2.05) is 0 Å². The minimum Gasteiger partial charge on any atom is -0.466 e. The standard InChI is InChI=1S/C9H9NO4/c1-5(9(13)14-2)3-6-4-7(11)10-8(6)12/h3-4H,1-2H3,(H,10,11,12)/b5-3+. The molecule has 1 aliphatic rings. The van der Waals surface area contributed by atoms with Crippen LogP contribution in [0.1, 0.15) is 6.92 Å². The molecule has 0 atom stereocenters. The minimum absolute atomic E-state index is 0.165. The van der Waals surface area contributed by atoms with Gasteiger partial charge in [-0.05, 0) is 13.0 Å². The van der Waals surface area contributed by atoms with E-state index in [0.717, 1.165) is 6.08 Å². The lowest BCUT2D eigenvalue weighted by Gasteiger charge is -1.97. The molecule has 5 nitrogen and oxygen atoms in total. The van der Waals surface area contributed by atoms with Gasteiger partial charge in [0.25, 0.3) is 11.8 Å². The Morgan fingerprint density at radius 2 is 2.14 bits per heavy atom. The molecule has 0 radical (unpaired) electrons. The van der Waals surface area contributed by atoms with Crippen molar-refractivity contribution in [2.45, 2.75) is 6.92 Å². The molecule has 0 fully saturated rings. The zero-order valence-corrected chi connectivity index (χ0v) is 7.79. The summed E-state index contributed by atoms with van der Waals surface area (Å²) < 4.78 is 4.43. The summed E-state index contributed by atoms with van der Waals surface area (Å²) in [6.45, 7) is 1.50. The molecule has 0 aromatic rings. The van der Waals surface area contributed by atoms with E-state index in [-0.39, 0.29) is 11.1 Å². The highest BCUT2D eigenvalue weighted by Crippen LogP contribution is 2.08. The smallest absolute Gasteiger partial charge is 0.333 e. The monoisotopic (exact) mass is 195 g/mol. The molecule has 1 aliphatic heterocycles. The molecular weight excluding hydrogens is 186 g/mol. The van der Waals surface area contributed by atoms with Gasteiger partial charge in [0.05, 0.1) is 7.11 Å². The molecule has 0 aromatic carbocycles. The number of rotatable bonds is 2. The average molecular weight is 195 g/mol. The quantitative estimate of drug-likeness (QED) is 0.372. The van der Waals surface area contributed by atoms with E-state index in [4.69, 9.17) is 0 Å². The van der Waals surface area contributed by atoms with Gasteiger partial charge in [0.1, 0.15) is 0 Å². The summed E-state index contributed by atoms with van der Waals surface area (Å²) in [6.07, 6.45) is 2.45. The first-order valence-electron chi connectivity index (χ1n) is 3.88. The van der Waals surface area contributed by atoms with E-state index in [0.29, 0.717) is 0 Å². The number of imide groups is 1. The van der Waals surface area contributed by atoms with Crippen molar-refractivity contribution in [3.8, 4) is 0 Å². The Morgan fingerprint density at radius 1 is 1.50 bits per heavy atom. The lowest BCUT2D eigenvalue weighted by molar-refractivity contribution is -0.136. The molecule has 2 amide bonds. The molecule has 1 heterocycles. The molecule has 1 rings (SSSR count). The second kappa shape index (κ2) is 3.87. The Bertz CT molecular complexity index is 365. The summed E-state index contributed by atoms with van der Waals surface area (Å²) in [4.78, 5) is 32.7. The van der Waals surface area contributed by atoms with Crippen LogP contribution in [0, 0.1) is 0 Å². The van der Waals surface area contributed by atoms with Crippen LogP contribution in [0.5, 0.6) is 0 Å². The molecule has 0 aromatic heterocycles. The van der Waals surface area contributed by atoms with Gasteiger partial charge in [0.2, 0.25) is 0 Å². The van der Waals surface area contributed by atoms with Crippen LogP contribution < -0.4 is 5.32 Å². The van der Waals surface area contributed by atoms with E-state index in [9.17, 15) is 14.4 Å². The molecule has 0 saturated heterocycles. The van der Waals surface area contributed by atoms with Crippen LogP contribution in [-0.4, -0.2) is 24.9 Å². The fourth-order valence-electron chi connectivity index (χ4n) is 0.987. The number of methoxy groups -OCH3 is 1. The molecule has 1 N–H and O–H groups in total. The molecule has 0 bridgehead atoms. The first-order chi connectivity index (χ1) is 6.54. The second-order valence-corrected chi connectivity index (χ2v) is 2.74. The summed E-state index contributed by atoms with van der Waals surface area (Å²) in [5.74, 6) is -1.50. The van der Waals surface area contributed by atoms with Crippen LogP contribution in [-0.2, 0) is 19.1 Å². The van der Waals surface area contributed by atoms with Crippen molar-refractivity contribution in [3.05, 3.63) is 23.3 Å². The number of esters is 1. The van der Waals surface area contributed by atoms with Crippen molar-refractivity contribution in [1.29, 1.82) is 0 Å². The number of nitrogens with one attached hydrogen (secondary N) is 1. The van der Waals surface area contributed by atoms with Crippen molar-refractivity contribution in [3.63, 3.8) is 0 Å². The summed E-state index contributed by atoms with van der Waals surface area (Å²) in [7, 11) is 1.24. The van der Waals surface area contributed by atoms with Crippen LogP contribution in [0.15, 0.2) is 23.3 Å². The fraction of sp³-hybridized carbons (Fsp3) is 0.222. The Morgan fingerprint density at radius 3 is 2.57 bits per heavy atom. The first-order valence-corrected chi connectivity index (χ1v) is 3.88. The number of carbonyl (C=O) groups excluding carboxylic acids is 3. The third-order valence-corrected chi connectivity index (χ3v) is 1.66. The normalized spacial score (nSPS) is 16.4. The lowest BCUT2D eigenvalue weighted by atomic mass is 10.2. The van der Waals surface area contributed by atoms with Crippen molar-refractivity contribution in [1.82, 2.24) is 5.32 Å². The first kappa shape index (κ1) is 10.2. The van der Waals surface area contributed by atoms with Gasteiger partial charge >= 0.3 is 5.97 Å². The van der Waals surface area contributed by atoms with Crippen LogP contribution in [0.2, 0.25) is 0 Å². The van der Waals surface area contributed by atoms with E-state index >= 15 is 0 Å². The number of hydrogen-bond donors (Lipinski definition) is 1. The van der Waals surface area contributed by atoms with Gasteiger partial charge in [-0.1, -0.05) is 0 Å². The van der Waals surface area contributed by atoms with Crippen LogP contribution in [0.3, 0.4) is 0 Å². The molecule has 0 aliphatic carbocycles. The SMILES string of the molecule is COC(=O)/C(C)=C/C1=CC(=O)NC1=O. The van der Waals surface area contributed by atoms with Gasteiger partial charge < -0.3 is 4.74 Å². The zero-order valence-electron chi connectivity index (χ0n) is 7.79. The highest BCUT2D eigenvalue weighted by atomic mass is 16.5. The Labute approximate surface area is 80.4 Å². The van der Waals surface area contributed by atoms with Gasteiger partial charge in [-0.25, -0.2) is 4.79 Å². The van der Waals surface area contributed by atoms with Crippen molar-refractivity contribution in [2.24, 2.45) is 0 Å². The van der Waals surface area contributed by atoms with Crippen molar-refractivity contribution in [2.75, 3.05) is 7.11 Å². The van der Waals surface area contributed by atoms with E-state index in [2.05, 4.69) is 10.1 Å². The molecule has 5 heteroatoms. The molecule has 74 valence electrons. The van der Waals surface area contributed by atoms with Crippen molar-refractivity contribution < 1.29 is 19.1 Å². The molecule has 0 saturated carbocycles. The Kier molecular flexibility index (Phi) is 2.81. The number of ether oxygens (including phenoxy) is 1. The summed E-state index contributed by atoms with van der Waals surface area (Å²) in [6, 6.07) is 0. The molecule has 0 spiro atoms. The fourth-order valence-corrected chi connectivity index (χ4v) is 0.987. The van der Waals surface area contributed by atoms with Crippen molar-refractivity contribution >= 4 is 17.8 Å². The van der Waals surface area contributed by atoms with Gasteiger partial charge in [0, 0.05) is 17.2 Å². The van der Waals surface area contributed by atoms with E-state index < -0.39 is 17.8 Å². The summed E-state index contributed by atoms with van der Waals surface area (Å²) >= 11 is 0. The second-order valence-electron chi connectivity index (χ2n) is 2.74. The maximum absolute atomic E-state index is 11.0. The maximum Gasteiger partial charge on any atom is 0.333 e. The van der Waals surface area contributed by atoms with Crippen LogP contribution >= 0.6 is 0 Å². The summed E-state index contributed by atoms with van der Waals surface area (Å²) in [5.41, 5.74) is 0.432. The Hall–Kier alpha value is -1.91. The largest absolute Gasteiger partial charge is 0.466 e. The maximum atomic E-state index is 11.0. The van der Waals surface area contributed by atoms with Crippen LogP contribution in [0.4, 0.5) is 0 Å². The third kappa shape index (κ3) is 2.07. The number of hydrogen-bond acceptors (Lipinski definition) is 4.